The second-order valence-electron chi connectivity index (χ2n) is 5.75. The molecule has 0 fully saturated rings. The SMILES string of the molecule is OCCCCCNC1CCCc2c1[nH]c1ccccc21. The molecule has 108 valence electrons. The van der Waals surface area contributed by atoms with Crippen LogP contribution in [0.2, 0.25) is 0 Å². The molecule has 0 amide bonds. The molecule has 0 radical (unpaired) electrons. The summed E-state index contributed by atoms with van der Waals surface area (Å²) < 4.78 is 0. The van der Waals surface area contributed by atoms with E-state index >= 15 is 0 Å². The lowest BCUT2D eigenvalue weighted by Crippen LogP contribution is -2.26. The summed E-state index contributed by atoms with van der Waals surface area (Å²) in [6.07, 6.45) is 6.86. The zero-order chi connectivity index (χ0) is 13.8. The average Bonchev–Trinajstić information content (AvgIpc) is 2.87. The number of aromatic amines is 1. The number of fused-ring (bicyclic) bond motifs is 3. The third-order valence-electron chi connectivity index (χ3n) is 4.34. The second-order valence-corrected chi connectivity index (χ2v) is 5.75. The Morgan fingerprint density at radius 2 is 2.10 bits per heavy atom. The number of benzene rings is 1. The first-order valence-corrected chi connectivity index (χ1v) is 7.84. The van der Waals surface area contributed by atoms with Crippen LogP contribution in [0.1, 0.15) is 49.4 Å². The maximum absolute atomic E-state index is 8.80. The third-order valence-corrected chi connectivity index (χ3v) is 4.34. The number of aromatic nitrogens is 1. The number of para-hydroxylation sites is 1. The normalized spacial score (nSPS) is 18.4. The third kappa shape index (κ3) is 2.74. The molecule has 3 rings (SSSR count). The van der Waals surface area contributed by atoms with E-state index in [4.69, 9.17) is 5.11 Å². The lowest BCUT2D eigenvalue weighted by Gasteiger charge is -2.24. The van der Waals surface area contributed by atoms with Crippen LogP contribution in [0.3, 0.4) is 0 Å². The number of rotatable bonds is 6. The van der Waals surface area contributed by atoms with Crippen LogP contribution >= 0.6 is 0 Å². The topological polar surface area (TPSA) is 48.0 Å². The monoisotopic (exact) mass is 272 g/mol. The van der Waals surface area contributed by atoms with Gasteiger partial charge in [0.15, 0.2) is 0 Å². The molecule has 1 atom stereocenters. The van der Waals surface area contributed by atoms with E-state index in [1.807, 2.05) is 0 Å². The van der Waals surface area contributed by atoms with Crippen molar-refractivity contribution in [1.82, 2.24) is 10.3 Å². The van der Waals surface area contributed by atoms with Crippen LogP contribution in [-0.4, -0.2) is 23.2 Å². The van der Waals surface area contributed by atoms with Gasteiger partial charge >= 0.3 is 0 Å². The van der Waals surface area contributed by atoms with Crippen molar-refractivity contribution in [2.45, 2.75) is 44.6 Å². The maximum atomic E-state index is 8.80. The Kier molecular flexibility index (Phi) is 4.38. The van der Waals surface area contributed by atoms with Gasteiger partial charge in [0, 0.05) is 29.2 Å². The molecule has 0 aliphatic heterocycles. The molecule has 1 unspecified atom stereocenters. The molecule has 2 aromatic rings. The molecule has 1 aromatic carbocycles. The fourth-order valence-electron chi connectivity index (χ4n) is 3.31. The summed E-state index contributed by atoms with van der Waals surface area (Å²) in [5, 5.41) is 13.9. The highest BCUT2D eigenvalue weighted by Crippen LogP contribution is 2.34. The molecule has 0 saturated heterocycles. The molecule has 1 aliphatic rings. The number of nitrogens with one attached hydrogen (secondary N) is 2. The van der Waals surface area contributed by atoms with Crippen molar-refractivity contribution < 1.29 is 5.11 Å². The standard InChI is InChI=1S/C17H24N2O/c20-12-5-1-4-11-18-16-10-6-8-14-13-7-2-3-9-15(13)19-17(14)16/h2-3,7,9,16,18-20H,1,4-6,8,10-12H2. The zero-order valence-corrected chi connectivity index (χ0v) is 12.0. The quantitative estimate of drug-likeness (QED) is 0.707. The summed E-state index contributed by atoms with van der Waals surface area (Å²) in [6, 6.07) is 9.10. The van der Waals surface area contributed by atoms with Crippen molar-refractivity contribution in [1.29, 1.82) is 0 Å². The van der Waals surface area contributed by atoms with Crippen molar-refractivity contribution in [3.8, 4) is 0 Å². The first-order chi connectivity index (χ1) is 9.90. The lowest BCUT2D eigenvalue weighted by molar-refractivity contribution is 0.282. The van der Waals surface area contributed by atoms with Crippen molar-refractivity contribution in [2.75, 3.05) is 13.2 Å². The van der Waals surface area contributed by atoms with Gasteiger partial charge in [0.2, 0.25) is 0 Å². The van der Waals surface area contributed by atoms with Gasteiger partial charge in [-0.15, -0.1) is 0 Å². The minimum Gasteiger partial charge on any atom is -0.396 e. The Labute approximate surface area is 120 Å². The van der Waals surface area contributed by atoms with Crippen molar-refractivity contribution >= 4 is 10.9 Å². The van der Waals surface area contributed by atoms with Gasteiger partial charge < -0.3 is 15.4 Å². The Balaban J connectivity index is 1.70. The summed E-state index contributed by atoms with van der Waals surface area (Å²) in [4.78, 5) is 3.62. The highest BCUT2D eigenvalue weighted by molar-refractivity contribution is 5.85. The fraction of sp³-hybridized carbons (Fsp3) is 0.529. The number of H-pyrrole nitrogens is 1. The summed E-state index contributed by atoms with van der Waals surface area (Å²) >= 11 is 0. The van der Waals surface area contributed by atoms with Crippen LogP contribution in [0.5, 0.6) is 0 Å². The lowest BCUT2D eigenvalue weighted by atomic mass is 9.91. The molecular formula is C17H24N2O. The van der Waals surface area contributed by atoms with Gasteiger partial charge in [-0.2, -0.15) is 0 Å². The van der Waals surface area contributed by atoms with Crippen LogP contribution in [0.4, 0.5) is 0 Å². The van der Waals surface area contributed by atoms with E-state index in [0.717, 1.165) is 25.8 Å². The van der Waals surface area contributed by atoms with E-state index in [1.165, 1.54) is 41.4 Å². The Hall–Kier alpha value is -1.32. The van der Waals surface area contributed by atoms with Gasteiger partial charge in [-0.05, 0) is 56.7 Å². The molecule has 3 heteroatoms. The number of unbranched alkanes of at least 4 members (excludes halogenated alkanes) is 2. The predicted octanol–water partition coefficient (Wildman–Crippen LogP) is 3.30. The van der Waals surface area contributed by atoms with Gasteiger partial charge in [-0.3, -0.25) is 0 Å². The molecule has 0 saturated carbocycles. The smallest absolute Gasteiger partial charge is 0.0476 e. The van der Waals surface area contributed by atoms with E-state index in [-0.39, 0.29) is 0 Å². The van der Waals surface area contributed by atoms with E-state index in [1.54, 1.807) is 0 Å². The summed E-state index contributed by atoms with van der Waals surface area (Å²) in [6.45, 7) is 1.36. The highest BCUT2D eigenvalue weighted by Gasteiger charge is 2.23. The summed E-state index contributed by atoms with van der Waals surface area (Å²) in [5.41, 5.74) is 4.19. The number of aryl methyl sites for hydroxylation is 1. The van der Waals surface area contributed by atoms with Crippen LogP contribution < -0.4 is 5.32 Å². The van der Waals surface area contributed by atoms with Crippen LogP contribution in [0, 0.1) is 0 Å². The number of hydrogen-bond acceptors (Lipinski definition) is 2. The Morgan fingerprint density at radius 1 is 1.20 bits per heavy atom. The Bertz CT molecular complexity index is 561. The average molecular weight is 272 g/mol. The van der Waals surface area contributed by atoms with Gasteiger partial charge in [-0.1, -0.05) is 18.2 Å². The first-order valence-electron chi connectivity index (χ1n) is 7.84. The molecule has 20 heavy (non-hydrogen) atoms. The molecule has 0 spiro atoms. The molecule has 0 bridgehead atoms. The Morgan fingerprint density at radius 3 is 3.00 bits per heavy atom. The number of aliphatic hydroxyl groups excluding tert-OH is 1. The fourth-order valence-corrected chi connectivity index (χ4v) is 3.31. The molecule has 1 heterocycles. The van der Waals surface area contributed by atoms with Gasteiger partial charge in [-0.25, -0.2) is 0 Å². The minimum atomic E-state index is 0.315. The largest absolute Gasteiger partial charge is 0.396 e. The molecule has 3 nitrogen and oxygen atoms in total. The van der Waals surface area contributed by atoms with Crippen LogP contribution in [-0.2, 0) is 6.42 Å². The molecule has 1 aromatic heterocycles. The summed E-state index contributed by atoms with van der Waals surface area (Å²) in [5.74, 6) is 0. The number of aliphatic hydroxyl groups is 1. The van der Waals surface area contributed by atoms with Gasteiger partial charge in [0.25, 0.3) is 0 Å². The highest BCUT2D eigenvalue weighted by atomic mass is 16.2. The zero-order valence-electron chi connectivity index (χ0n) is 12.0. The van der Waals surface area contributed by atoms with Crippen molar-refractivity contribution in [3.05, 3.63) is 35.5 Å². The van der Waals surface area contributed by atoms with Crippen molar-refractivity contribution in [3.63, 3.8) is 0 Å². The van der Waals surface area contributed by atoms with Crippen molar-refractivity contribution in [2.24, 2.45) is 0 Å². The van der Waals surface area contributed by atoms with Crippen LogP contribution in [0.25, 0.3) is 10.9 Å². The summed E-state index contributed by atoms with van der Waals surface area (Å²) in [7, 11) is 0. The second kappa shape index (κ2) is 6.42. The molecule has 1 aliphatic carbocycles. The van der Waals surface area contributed by atoms with E-state index < -0.39 is 0 Å². The number of hydrogen-bond donors (Lipinski definition) is 3. The van der Waals surface area contributed by atoms with Gasteiger partial charge in [0.05, 0.1) is 0 Å². The molecule has 3 N–H and O–H groups in total. The van der Waals surface area contributed by atoms with Crippen LogP contribution in [0.15, 0.2) is 24.3 Å². The molecular weight excluding hydrogens is 248 g/mol. The van der Waals surface area contributed by atoms with E-state index in [2.05, 4.69) is 34.6 Å². The minimum absolute atomic E-state index is 0.315. The first kappa shape index (κ1) is 13.7. The predicted molar refractivity (Wildman–Crippen MR) is 82.9 cm³/mol. The van der Waals surface area contributed by atoms with Gasteiger partial charge in [0.1, 0.15) is 0 Å². The van der Waals surface area contributed by atoms with E-state index in [0.29, 0.717) is 12.6 Å². The maximum Gasteiger partial charge on any atom is 0.0476 e. The van der Waals surface area contributed by atoms with E-state index in [9.17, 15) is 0 Å².